The van der Waals surface area contributed by atoms with Crippen LogP contribution in [0.1, 0.15) is 0 Å². The molecular weight excluding hydrogens is 355 g/mol. The largest absolute Gasteiger partial charge is 0.347 e. The van der Waals surface area contributed by atoms with E-state index in [0.717, 1.165) is 0 Å². The Bertz CT molecular complexity index is 1090. The number of halogens is 2. The fourth-order valence-electron chi connectivity index (χ4n) is 2.69. The third-order valence-electron chi connectivity index (χ3n) is 3.90. The van der Waals surface area contributed by atoms with E-state index in [0.29, 0.717) is 39.1 Å². The Hall–Kier alpha value is -3.06. The van der Waals surface area contributed by atoms with E-state index in [1.807, 2.05) is 14.1 Å². The van der Waals surface area contributed by atoms with Gasteiger partial charge in [0, 0.05) is 37.7 Å². The number of aromatic nitrogens is 5. The van der Waals surface area contributed by atoms with Crippen molar-refractivity contribution in [2.45, 2.75) is 0 Å². The van der Waals surface area contributed by atoms with Gasteiger partial charge >= 0.3 is 0 Å². The van der Waals surface area contributed by atoms with E-state index in [9.17, 15) is 4.39 Å². The van der Waals surface area contributed by atoms with Crippen LogP contribution in [-0.4, -0.2) is 38.6 Å². The Morgan fingerprint density at radius 3 is 2.54 bits per heavy atom. The van der Waals surface area contributed by atoms with Gasteiger partial charge in [0.1, 0.15) is 11.6 Å². The summed E-state index contributed by atoms with van der Waals surface area (Å²) in [5, 5.41) is 0.328. The number of fused-ring (bicyclic) bond motifs is 1. The van der Waals surface area contributed by atoms with Gasteiger partial charge in [0.05, 0.1) is 28.5 Å². The summed E-state index contributed by atoms with van der Waals surface area (Å²) in [4.78, 5) is 19.2. The molecule has 0 spiro atoms. The van der Waals surface area contributed by atoms with E-state index in [-0.39, 0.29) is 0 Å². The molecule has 0 aliphatic rings. The fraction of sp³-hybridized carbons (Fsp3) is 0.111. The van der Waals surface area contributed by atoms with E-state index in [1.54, 1.807) is 52.5 Å². The first-order valence-corrected chi connectivity index (χ1v) is 8.20. The molecule has 0 unspecified atom stereocenters. The molecule has 3 aromatic heterocycles. The van der Waals surface area contributed by atoms with Crippen LogP contribution in [0.4, 0.5) is 10.3 Å². The molecule has 0 saturated heterocycles. The summed E-state index contributed by atoms with van der Waals surface area (Å²) in [6.07, 6.45) is 6.63. The monoisotopic (exact) mass is 368 g/mol. The quantitative estimate of drug-likeness (QED) is 0.551. The van der Waals surface area contributed by atoms with E-state index in [1.165, 1.54) is 6.07 Å². The molecule has 0 aliphatic carbocycles. The Balaban J connectivity index is 1.97. The molecular formula is C18H14ClFN6. The van der Waals surface area contributed by atoms with E-state index >= 15 is 0 Å². The Labute approximate surface area is 153 Å². The molecule has 0 aliphatic heterocycles. The number of rotatable bonds is 3. The lowest BCUT2D eigenvalue weighted by atomic mass is 10.2. The third kappa shape index (κ3) is 2.76. The topological polar surface area (TPSA) is 59.7 Å². The second-order valence-electron chi connectivity index (χ2n) is 5.90. The molecule has 0 amide bonds. The molecule has 26 heavy (non-hydrogen) atoms. The van der Waals surface area contributed by atoms with Crippen LogP contribution < -0.4 is 4.90 Å². The van der Waals surface area contributed by atoms with Crippen LogP contribution in [0.2, 0.25) is 5.02 Å². The molecule has 3 heterocycles. The molecule has 0 fully saturated rings. The van der Waals surface area contributed by atoms with Crippen molar-refractivity contribution in [2.75, 3.05) is 19.0 Å². The van der Waals surface area contributed by atoms with Gasteiger partial charge in [-0.2, -0.15) is 0 Å². The lowest BCUT2D eigenvalue weighted by Gasteiger charge is -2.12. The Morgan fingerprint density at radius 2 is 1.85 bits per heavy atom. The zero-order valence-corrected chi connectivity index (χ0v) is 14.8. The second kappa shape index (κ2) is 6.34. The highest BCUT2D eigenvalue weighted by molar-refractivity contribution is 6.30. The molecule has 0 bridgehead atoms. The zero-order chi connectivity index (χ0) is 18.3. The predicted octanol–water partition coefficient (Wildman–Crippen LogP) is 3.74. The highest BCUT2D eigenvalue weighted by atomic mass is 35.5. The minimum absolute atomic E-state index is 0.328. The van der Waals surface area contributed by atoms with E-state index < -0.39 is 5.82 Å². The van der Waals surface area contributed by atoms with Crippen molar-refractivity contribution in [3.8, 4) is 17.1 Å². The summed E-state index contributed by atoms with van der Waals surface area (Å²) in [7, 11) is 3.72. The highest BCUT2D eigenvalue weighted by Crippen LogP contribution is 2.30. The Kier molecular flexibility index (Phi) is 4.00. The summed E-state index contributed by atoms with van der Waals surface area (Å²) >= 11 is 5.90. The molecule has 0 N–H and O–H groups in total. The number of benzene rings is 1. The molecule has 4 rings (SSSR count). The van der Waals surface area contributed by atoms with E-state index in [4.69, 9.17) is 11.6 Å². The number of pyridine rings is 1. The van der Waals surface area contributed by atoms with Gasteiger partial charge < -0.3 is 4.90 Å². The van der Waals surface area contributed by atoms with Crippen molar-refractivity contribution < 1.29 is 4.39 Å². The van der Waals surface area contributed by atoms with Crippen molar-refractivity contribution in [1.82, 2.24) is 24.5 Å². The lowest BCUT2D eigenvalue weighted by Crippen LogP contribution is -2.12. The molecule has 0 radical (unpaired) electrons. The predicted molar refractivity (Wildman–Crippen MR) is 99.2 cm³/mol. The van der Waals surface area contributed by atoms with Crippen LogP contribution in [0.25, 0.3) is 28.1 Å². The van der Waals surface area contributed by atoms with Crippen LogP contribution >= 0.6 is 11.6 Å². The summed E-state index contributed by atoms with van der Waals surface area (Å²) in [6, 6.07) is 6.30. The van der Waals surface area contributed by atoms with E-state index in [2.05, 4.69) is 19.9 Å². The van der Waals surface area contributed by atoms with Crippen LogP contribution in [0.15, 0.2) is 49.1 Å². The molecule has 0 atom stereocenters. The first-order valence-electron chi connectivity index (χ1n) is 7.82. The summed E-state index contributed by atoms with van der Waals surface area (Å²) in [5.74, 6) is 0.656. The minimum Gasteiger partial charge on any atom is -0.347 e. The van der Waals surface area contributed by atoms with Gasteiger partial charge in [-0.25, -0.2) is 19.3 Å². The van der Waals surface area contributed by atoms with Gasteiger partial charge in [0.25, 0.3) is 0 Å². The van der Waals surface area contributed by atoms with Gasteiger partial charge in [-0.1, -0.05) is 11.6 Å². The van der Waals surface area contributed by atoms with Gasteiger partial charge in [-0.15, -0.1) is 0 Å². The zero-order valence-electron chi connectivity index (χ0n) is 14.1. The Morgan fingerprint density at radius 1 is 1.08 bits per heavy atom. The van der Waals surface area contributed by atoms with Crippen LogP contribution in [0.5, 0.6) is 0 Å². The molecule has 6 nitrogen and oxygen atoms in total. The van der Waals surface area contributed by atoms with Crippen molar-refractivity contribution in [2.24, 2.45) is 0 Å². The summed E-state index contributed by atoms with van der Waals surface area (Å²) < 4.78 is 16.3. The smallest absolute Gasteiger partial charge is 0.224 e. The maximum Gasteiger partial charge on any atom is 0.224 e. The lowest BCUT2D eigenvalue weighted by molar-refractivity contribution is 0.620. The number of hydrogen-bond donors (Lipinski definition) is 0. The fourth-order valence-corrected chi connectivity index (χ4v) is 2.85. The minimum atomic E-state index is -0.451. The molecule has 4 aromatic rings. The van der Waals surface area contributed by atoms with Crippen molar-refractivity contribution in [1.29, 1.82) is 0 Å². The van der Waals surface area contributed by atoms with Crippen molar-refractivity contribution >= 4 is 28.6 Å². The van der Waals surface area contributed by atoms with Gasteiger partial charge in [-0.05, 0) is 24.3 Å². The van der Waals surface area contributed by atoms with Gasteiger partial charge in [0.2, 0.25) is 5.95 Å². The van der Waals surface area contributed by atoms with Gasteiger partial charge in [0.15, 0.2) is 0 Å². The number of anilines is 1. The first-order chi connectivity index (χ1) is 12.5. The number of hydrogen-bond acceptors (Lipinski definition) is 5. The molecule has 130 valence electrons. The normalized spacial score (nSPS) is 11.1. The summed E-state index contributed by atoms with van der Waals surface area (Å²) in [5.41, 5.74) is 2.37. The molecule has 1 aromatic carbocycles. The second-order valence-corrected chi connectivity index (χ2v) is 6.33. The maximum atomic E-state index is 14.6. The highest BCUT2D eigenvalue weighted by Gasteiger charge is 2.18. The SMILES string of the molecule is CN(C)c1ncc(-c2nc3ccncc3n2-c2ccc(Cl)cc2F)cn1. The van der Waals surface area contributed by atoms with Crippen molar-refractivity contribution in [3.05, 3.63) is 59.9 Å². The molecule has 8 heteroatoms. The van der Waals surface area contributed by atoms with Crippen LogP contribution in [0.3, 0.4) is 0 Å². The number of imidazole rings is 1. The van der Waals surface area contributed by atoms with Gasteiger partial charge in [-0.3, -0.25) is 9.55 Å². The first kappa shape index (κ1) is 16.4. The third-order valence-corrected chi connectivity index (χ3v) is 4.14. The van der Waals surface area contributed by atoms with Crippen molar-refractivity contribution in [3.63, 3.8) is 0 Å². The summed E-state index contributed by atoms with van der Waals surface area (Å²) in [6.45, 7) is 0. The number of nitrogens with zero attached hydrogens (tertiary/aromatic N) is 6. The van der Waals surface area contributed by atoms with Crippen LogP contribution in [0, 0.1) is 5.82 Å². The van der Waals surface area contributed by atoms with Crippen LogP contribution in [-0.2, 0) is 0 Å². The molecule has 0 saturated carbocycles. The standard InChI is InChI=1S/C18H14ClFN6/c1-25(2)18-22-8-11(9-23-18)17-24-14-5-6-21-10-16(14)26(17)15-4-3-12(19)7-13(15)20/h3-10H,1-2H3. The average Bonchev–Trinajstić information content (AvgIpc) is 3.01. The average molecular weight is 369 g/mol. The maximum absolute atomic E-state index is 14.6.